The molecule has 1 saturated heterocycles. The number of methoxy groups -OCH3 is 1. The number of para-hydroxylation sites is 2. The van der Waals surface area contributed by atoms with E-state index in [9.17, 15) is 14.4 Å². The van der Waals surface area contributed by atoms with Crippen molar-refractivity contribution in [1.29, 1.82) is 0 Å². The van der Waals surface area contributed by atoms with E-state index in [1.54, 1.807) is 14.5 Å². The Labute approximate surface area is 167 Å². The smallest absolute Gasteiger partial charge is 0.360 e. The molecule has 10 heteroatoms. The maximum Gasteiger partial charge on any atom is 0.360 e. The Morgan fingerprint density at radius 3 is 2.97 bits per heavy atom. The topological polar surface area (TPSA) is 107 Å². The van der Waals surface area contributed by atoms with Crippen LogP contribution in [0.2, 0.25) is 0 Å². The highest BCUT2D eigenvalue weighted by Crippen LogP contribution is 2.31. The number of carbonyl (C=O) groups is 3. The third kappa shape index (κ3) is 3.78. The zero-order valence-electron chi connectivity index (χ0n) is 16.0. The van der Waals surface area contributed by atoms with Crippen LogP contribution in [0.3, 0.4) is 0 Å². The number of hydrogen-bond donors (Lipinski definition) is 0. The van der Waals surface area contributed by atoms with E-state index in [-0.39, 0.29) is 36.6 Å². The Balaban J connectivity index is 1.35. The number of esters is 1. The Hall–Kier alpha value is -3.43. The lowest BCUT2D eigenvalue weighted by molar-refractivity contribution is -0.130. The van der Waals surface area contributed by atoms with Crippen molar-refractivity contribution in [3.63, 3.8) is 0 Å². The summed E-state index contributed by atoms with van der Waals surface area (Å²) in [5, 5.41) is 7.78. The number of aromatic nitrogens is 3. The lowest BCUT2D eigenvalue weighted by Gasteiger charge is -2.29. The molecule has 29 heavy (non-hydrogen) atoms. The van der Waals surface area contributed by atoms with Crippen molar-refractivity contribution in [1.82, 2.24) is 19.9 Å². The van der Waals surface area contributed by atoms with Crippen LogP contribution in [0, 0.1) is 0 Å². The van der Waals surface area contributed by atoms with Gasteiger partial charge in [0.15, 0.2) is 12.3 Å². The largest absolute Gasteiger partial charge is 0.482 e. The number of carbonyl (C=O) groups excluding carboxylic acids is 3. The van der Waals surface area contributed by atoms with E-state index < -0.39 is 5.97 Å². The molecule has 1 aromatic carbocycles. The van der Waals surface area contributed by atoms with Crippen molar-refractivity contribution in [3.8, 4) is 5.75 Å². The lowest BCUT2D eigenvalue weighted by atomic mass is 10.2. The number of ether oxygens (including phenoxy) is 2. The van der Waals surface area contributed by atoms with Crippen molar-refractivity contribution in [2.24, 2.45) is 0 Å². The van der Waals surface area contributed by atoms with Crippen LogP contribution >= 0.6 is 0 Å². The molecule has 152 valence electrons. The van der Waals surface area contributed by atoms with Gasteiger partial charge in [-0.25, -0.2) is 9.48 Å². The zero-order chi connectivity index (χ0) is 20.4. The molecule has 0 saturated carbocycles. The number of benzene rings is 1. The predicted molar refractivity (Wildman–Crippen MR) is 101 cm³/mol. The van der Waals surface area contributed by atoms with Gasteiger partial charge in [0.2, 0.25) is 5.91 Å². The van der Waals surface area contributed by atoms with Crippen LogP contribution in [0.4, 0.5) is 5.69 Å². The maximum atomic E-state index is 12.7. The summed E-state index contributed by atoms with van der Waals surface area (Å²) in [7, 11) is 1.29. The van der Waals surface area contributed by atoms with Gasteiger partial charge in [-0.15, -0.1) is 5.10 Å². The van der Waals surface area contributed by atoms with E-state index in [0.29, 0.717) is 31.1 Å². The second-order valence-corrected chi connectivity index (χ2v) is 6.91. The molecule has 0 aliphatic carbocycles. The number of fused-ring (bicyclic) bond motifs is 1. The van der Waals surface area contributed by atoms with Crippen molar-refractivity contribution in [2.45, 2.75) is 18.9 Å². The molecule has 2 amide bonds. The summed E-state index contributed by atoms with van der Waals surface area (Å²) in [6.07, 6.45) is 2.47. The molecule has 10 nitrogen and oxygen atoms in total. The van der Waals surface area contributed by atoms with Crippen molar-refractivity contribution in [3.05, 3.63) is 36.2 Å². The van der Waals surface area contributed by atoms with Gasteiger partial charge in [0.1, 0.15) is 5.75 Å². The normalized spacial score (nSPS) is 18.4. The summed E-state index contributed by atoms with van der Waals surface area (Å²) in [6, 6.07) is 7.25. The minimum Gasteiger partial charge on any atom is -0.482 e. The van der Waals surface area contributed by atoms with Crippen LogP contribution in [0.25, 0.3) is 0 Å². The molecule has 1 fully saturated rings. The first-order chi connectivity index (χ1) is 14.1. The quantitative estimate of drug-likeness (QED) is 0.680. The standard InChI is InChI=1S/C19H21N5O5/c1-28-19(27)14-11-24(21-20-14)13-6-8-22(10-13)17(25)7-9-23-15-4-2-3-5-16(15)29-12-18(23)26/h2-5,11,13H,6-10,12H2,1H3/t13-/m0/s1. The van der Waals surface area contributed by atoms with Gasteiger partial charge in [-0.05, 0) is 18.6 Å². The fourth-order valence-corrected chi connectivity index (χ4v) is 3.60. The first-order valence-corrected chi connectivity index (χ1v) is 9.37. The molecule has 1 atom stereocenters. The van der Waals surface area contributed by atoms with E-state index in [1.807, 2.05) is 24.3 Å². The van der Waals surface area contributed by atoms with E-state index in [0.717, 1.165) is 6.42 Å². The van der Waals surface area contributed by atoms with Crippen LogP contribution in [-0.2, 0) is 14.3 Å². The van der Waals surface area contributed by atoms with E-state index in [1.165, 1.54) is 13.3 Å². The molecule has 0 N–H and O–H groups in total. The fourth-order valence-electron chi connectivity index (χ4n) is 3.60. The van der Waals surface area contributed by atoms with E-state index in [4.69, 9.17) is 4.74 Å². The summed E-state index contributed by atoms with van der Waals surface area (Å²) in [6.45, 7) is 1.35. The summed E-state index contributed by atoms with van der Waals surface area (Å²) < 4.78 is 11.7. The number of anilines is 1. The molecule has 2 aliphatic rings. The lowest BCUT2D eigenvalue weighted by Crippen LogP contribution is -2.41. The molecule has 0 spiro atoms. The first-order valence-electron chi connectivity index (χ1n) is 9.37. The molecule has 0 bridgehead atoms. The van der Waals surface area contributed by atoms with Gasteiger partial charge < -0.3 is 19.3 Å². The molecule has 1 aromatic heterocycles. The van der Waals surface area contributed by atoms with Crippen molar-refractivity contribution < 1.29 is 23.9 Å². The van der Waals surface area contributed by atoms with Crippen LogP contribution in [0.5, 0.6) is 5.75 Å². The van der Waals surface area contributed by atoms with Gasteiger partial charge in [-0.2, -0.15) is 0 Å². The Kier molecular flexibility index (Phi) is 5.15. The van der Waals surface area contributed by atoms with Gasteiger partial charge in [-0.3, -0.25) is 9.59 Å². The third-order valence-electron chi connectivity index (χ3n) is 5.15. The highest BCUT2D eigenvalue weighted by molar-refractivity contribution is 5.98. The molecule has 3 heterocycles. The second kappa shape index (κ2) is 7.90. The van der Waals surface area contributed by atoms with Crippen LogP contribution in [0.1, 0.15) is 29.4 Å². The molecule has 2 aromatic rings. The number of hydrogen-bond acceptors (Lipinski definition) is 7. The van der Waals surface area contributed by atoms with Gasteiger partial charge in [-0.1, -0.05) is 17.3 Å². The number of likely N-dealkylation sites (tertiary alicyclic amines) is 1. The third-order valence-corrected chi connectivity index (χ3v) is 5.15. The van der Waals surface area contributed by atoms with Crippen LogP contribution < -0.4 is 9.64 Å². The van der Waals surface area contributed by atoms with Crippen LogP contribution in [0.15, 0.2) is 30.5 Å². The summed E-state index contributed by atoms with van der Waals surface area (Å²) in [5.74, 6) is -0.0858. The predicted octanol–water partition coefficient (Wildman–Crippen LogP) is 0.654. The monoisotopic (exact) mass is 399 g/mol. The number of amides is 2. The minimum atomic E-state index is -0.544. The molecule has 0 unspecified atom stereocenters. The first kappa shape index (κ1) is 18.9. The van der Waals surface area contributed by atoms with Crippen molar-refractivity contribution >= 4 is 23.5 Å². The molecule has 4 rings (SSSR count). The Bertz CT molecular complexity index is 943. The molecular formula is C19H21N5O5. The Morgan fingerprint density at radius 2 is 2.14 bits per heavy atom. The number of rotatable bonds is 5. The highest BCUT2D eigenvalue weighted by Gasteiger charge is 2.30. The van der Waals surface area contributed by atoms with Crippen molar-refractivity contribution in [2.75, 3.05) is 38.3 Å². The molecule has 2 aliphatic heterocycles. The number of nitrogens with zero attached hydrogens (tertiary/aromatic N) is 5. The van der Waals surface area contributed by atoms with E-state index in [2.05, 4.69) is 15.0 Å². The minimum absolute atomic E-state index is 0.0220. The fraction of sp³-hybridized carbons (Fsp3) is 0.421. The summed E-state index contributed by atoms with van der Waals surface area (Å²) in [4.78, 5) is 39.8. The average molecular weight is 399 g/mol. The maximum absolute atomic E-state index is 12.7. The SMILES string of the molecule is COC(=O)c1cn([C@H]2CCN(C(=O)CCN3C(=O)COc4ccccc43)C2)nn1. The molecular weight excluding hydrogens is 378 g/mol. The zero-order valence-corrected chi connectivity index (χ0v) is 16.0. The van der Waals surface area contributed by atoms with E-state index >= 15 is 0 Å². The van der Waals surface area contributed by atoms with Gasteiger partial charge in [0, 0.05) is 26.1 Å². The van der Waals surface area contributed by atoms with Gasteiger partial charge >= 0.3 is 5.97 Å². The Morgan fingerprint density at radius 1 is 1.31 bits per heavy atom. The summed E-state index contributed by atoms with van der Waals surface area (Å²) in [5.41, 5.74) is 0.829. The summed E-state index contributed by atoms with van der Waals surface area (Å²) >= 11 is 0. The highest BCUT2D eigenvalue weighted by atomic mass is 16.5. The van der Waals surface area contributed by atoms with Gasteiger partial charge in [0.25, 0.3) is 5.91 Å². The second-order valence-electron chi connectivity index (χ2n) is 6.91. The van der Waals surface area contributed by atoms with Crippen LogP contribution in [-0.4, -0.2) is 71.0 Å². The average Bonchev–Trinajstić information content (AvgIpc) is 3.42. The molecule has 0 radical (unpaired) electrons. The van der Waals surface area contributed by atoms with Gasteiger partial charge in [0.05, 0.1) is 25.0 Å².